The Kier molecular flexibility index (Phi) is 4.21. The number of methoxy groups -OCH3 is 1. The van der Waals surface area contributed by atoms with Gasteiger partial charge in [-0.05, 0) is 0 Å². The van der Waals surface area contributed by atoms with Gasteiger partial charge >= 0.3 is 102 Å². The minimum atomic E-state index is 0.415. The van der Waals surface area contributed by atoms with Crippen LogP contribution in [0.3, 0.4) is 0 Å². The van der Waals surface area contributed by atoms with E-state index in [2.05, 4.69) is 35.0 Å². The molecule has 0 aliphatic heterocycles. The van der Waals surface area contributed by atoms with Crippen molar-refractivity contribution in [2.75, 3.05) is 7.11 Å². The first-order valence-corrected chi connectivity index (χ1v) is 6.06. The SMILES string of the molecule is COc1cc[c]([Y])c([C@@H](C)Br)c1. The van der Waals surface area contributed by atoms with Crippen molar-refractivity contribution in [3.63, 3.8) is 0 Å². The van der Waals surface area contributed by atoms with E-state index in [0.29, 0.717) is 4.83 Å². The number of hydrogen-bond acceptors (Lipinski definition) is 1. The quantitative estimate of drug-likeness (QED) is 0.762. The van der Waals surface area contributed by atoms with Crippen LogP contribution in [-0.2, 0) is 31.0 Å². The zero-order valence-corrected chi connectivity index (χ0v) is 11.6. The molecule has 0 aliphatic carbocycles. The number of benzene rings is 1. The molecule has 1 rings (SSSR count). The number of hydrogen-bond donors (Lipinski definition) is 0. The molecule has 0 saturated heterocycles. The molecule has 0 heterocycles. The molecule has 0 bridgehead atoms. The van der Waals surface area contributed by atoms with E-state index in [1.165, 1.54) is 7.94 Å². The molecule has 0 saturated carbocycles. The van der Waals surface area contributed by atoms with Crippen molar-refractivity contribution >= 4 is 18.3 Å². The molecule has 0 fully saturated rings. The number of ether oxygens (including phenoxy) is 1. The van der Waals surface area contributed by atoms with E-state index in [9.17, 15) is 0 Å². The molecule has 0 radical (unpaired) electrons. The summed E-state index contributed by atoms with van der Waals surface area (Å²) < 4.78 is 6.58. The first-order valence-electron chi connectivity index (χ1n) is 3.72. The second kappa shape index (κ2) is 4.73. The van der Waals surface area contributed by atoms with Crippen LogP contribution in [0.4, 0.5) is 0 Å². The zero-order valence-electron chi connectivity index (χ0n) is 7.17. The summed E-state index contributed by atoms with van der Waals surface area (Å²) in [4.78, 5) is 0.415. The van der Waals surface area contributed by atoms with Gasteiger partial charge in [-0.15, -0.1) is 0 Å². The fourth-order valence-electron chi connectivity index (χ4n) is 1.02. The maximum atomic E-state index is 5.15. The van der Waals surface area contributed by atoms with Crippen LogP contribution in [0.1, 0.15) is 17.3 Å². The molecule has 0 N–H and O–H groups in total. The first kappa shape index (κ1) is 10.7. The summed E-state index contributed by atoms with van der Waals surface area (Å²) in [6.07, 6.45) is 0. The molecule has 3 heteroatoms. The van der Waals surface area contributed by atoms with E-state index in [-0.39, 0.29) is 0 Å². The van der Waals surface area contributed by atoms with Crippen LogP contribution in [0.2, 0.25) is 0 Å². The molecule has 0 aromatic heterocycles. The van der Waals surface area contributed by atoms with E-state index in [4.69, 9.17) is 4.74 Å². The predicted octanol–water partition coefficient (Wildman–Crippen LogP) is 2.32. The van der Waals surface area contributed by atoms with Gasteiger partial charge < -0.3 is 0 Å². The van der Waals surface area contributed by atoms with Crippen LogP contribution in [0.15, 0.2) is 18.2 Å². The average Bonchev–Trinajstić information content (AvgIpc) is 2.05. The minimum absolute atomic E-state index is 0.415. The normalized spacial score (nSPS) is 12.5. The fourth-order valence-corrected chi connectivity index (χ4v) is 3.08. The molecular formula is C9H10BrOY. The molecule has 1 aromatic rings. The molecule has 1 atom stereocenters. The summed E-state index contributed by atoms with van der Waals surface area (Å²) in [6, 6.07) is 6.24. The van der Waals surface area contributed by atoms with Crippen molar-refractivity contribution in [2.24, 2.45) is 0 Å². The Hall–Kier alpha value is 0.604. The second-order valence-corrected chi connectivity index (χ2v) is 5.51. The molecule has 0 amide bonds. The van der Waals surface area contributed by atoms with Gasteiger partial charge in [0.05, 0.1) is 0 Å². The van der Waals surface area contributed by atoms with Gasteiger partial charge in [-0.3, -0.25) is 0 Å². The van der Waals surface area contributed by atoms with Gasteiger partial charge in [0.2, 0.25) is 0 Å². The Bertz CT molecular complexity index is 273. The monoisotopic (exact) mass is 302 g/mol. The van der Waals surface area contributed by atoms with Crippen molar-refractivity contribution in [3.8, 4) is 5.75 Å². The van der Waals surface area contributed by atoms with Crippen molar-refractivity contribution in [3.05, 3.63) is 23.8 Å². The van der Waals surface area contributed by atoms with Gasteiger partial charge in [-0.1, -0.05) is 0 Å². The Morgan fingerprint density at radius 1 is 1.50 bits per heavy atom. The van der Waals surface area contributed by atoms with Crippen molar-refractivity contribution in [1.29, 1.82) is 0 Å². The standard InChI is InChI=1S/C9H10BrO.Y/c1-7(10)8-4-3-5-9(6-8)11-2;/h3,5-7H,1-2H3;/t7-;/m1./s1. The Morgan fingerprint density at radius 2 is 2.17 bits per heavy atom. The average molecular weight is 303 g/mol. The maximum absolute atomic E-state index is 5.15. The van der Waals surface area contributed by atoms with Crippen LogP contribution in [0, 0.1) is 0 Å². The molecule has 62 valence electrons. The Balaban J connectivity index is 3.08. The van der Waals surface area contributed by atoms with Gasteiger partial charge in [0.15, 0.2) is 0 Å². The third-order valence-electron chi connectivity index (χ3n) is 1.72. The summed E-state index contributed by atoms with van der Waals surface area (Å²) in [5.74, 6) is 0.939. The van der Waals surface area contributed by atoms with Crippen LogP contribution >= 0.6 is 15.9 Å². The van der Waals surface area contributed by atoms with E-state index < -0.39 is 0 Å². The van der Waals surface area contributed by atoms with E-state index in [1.807, 2.05) is 6.07 Å². The molecule has 12 heavy (non-hydrogen) atoms. The van der Waals surface area contributed by atoms with Gasteiger partial charge in [0, 0.05) is 0 Å². The van der Waals surface area contributed by atoms with Gasteiger partial charge in [-0.25, -0.2) is 0 Å². The summed E-state index contributed by atoms with van der Waals surface area (Å²) in [5.41, 5.74) is 1.34. The number of rotatable bonds is 2. The summed E-state index contributed by atoms with van der Waals surface area (Å²) in [7, 11) is 1.70. The third-order valence-corrected chi connectivity index (χ3v) is 3.51. The van der Waals surface area contributed by atoms with Crippen LogP contribution in [0.5, 0.6) is 5.75 Å². The summed E-state index contributed by atoms with van der Waals surface area (Å²) >= 11 is 4.72. The number of halogens is 1. The molecule has 0 unspecified atom stereocenters. The van der Waals surface area contributed by atoms with Crippen LogP contribution in [0.25, 0.3) is 0 Å². The third kappa shape index (κ3) is 2.54. The predicted molar refractivity (Wildman–Crippen MR) is 50.0 cm³/mol. The van der Waals surface area contributed by atoms with Gasteiger partial charge in [0.1, 0.15) is 0 Å². The Morgan fingerprint density at radius 3 is 2.67 bits per heavy atom. The molecular weight excluding hydrogens is 293 g/mol. The summed E-state index contributed by atoms with van der Waals surface area (Å²) in [5, 5.41) is 0. The van der Waals surface area contributed by atoms with Crippen molar-refractivity contribution in [1.82, 2.24) is 0 Å². The molecule has 1 aromatic carbocycles. The van der Waals surface area contributed by atoms with Crippen molar-refractivity contribution < 1.29 is 35.7 Å². The zero-order chi connectivity index (χ0) is 9.14. The van der Waals surface area contributed by atoms with E-state index in [1.54, 1.807) is 7.11 Å². The Labute approximate surface area is 101 Å². The number of alkyl halides is 1. The van der Waals surface area contributed by atoms with E-state index in [0.717, 1.165) is 36.7 Å². The topological polar surface area (TPSA) is 9.23 Å². The first-order chi connectivity index (χ1) is 5.65. The van der Waals surface area contributed by atoms with Crippen LogP contribution < -0.4 is 7.11 Å². The molecule has 0 spiro atoms. The molecule has 0 aliphatic rings. The van der Waals surface area contributed by atoms with Crippen LogP contribution in [-0.4, -0.2) is 7.11 Å². The fraction of sp³-hybridized carbons (Fsp3) is 0.333. The second-order valence-electron chi connectivity index (χ2n) is 2.61. The molecule has 1 nitrogen and oxygen atoms in total. The summed E-state index contributed by atoms with van der Waals surface area (Å²) in [6.45, 7) is 2.13. The van der Waals surface area contributed by atoms with Gasteiger partial charge in [-0.2, -0.15) is 0 Å². The van der Waals surface area contributed by atoms with E-state index >= 15 is 0 Å². The van der Waals surface area contributed by atoms with Gasteiger partial charge in [0.25, 0.3) is 0 Å². The van der Waals surface area contributed by atoms with Crippen molar-refractivity contribution in [2.45, 2.75) is 11.8 Å².